The molecule has 1 aromatic heterocycles. The third-order valence-electron chi connectivity index (χ3n) is 2.87. The van der Waals surface area contributed by atoms with Gasteiger partial charge in [0.15, 0.2) is 0 Å². The molecule has 4 heteroatoms. The monoisotopic (exact) mass is 298 g/mol. The van der Waals surface area contributed by atoms with Gasteiger partial charge in [-0.05, 0) is 36.0 Å². The lowest BCUT2D eigenvalue weighted by Gasteiger charge is -2.25. The molecule has 1 rings (SSSR count). The highest BCUT2D eigenvalue weighted by atomic mass is 32.2. The normalized spacial score (nSPS) is 15.1. The summed E-state index contributed by atoms with van der Waals surface area (Å²) in [5.74, 6) is 0.0245. The van der Waals surface area contributed by atoms with Gasteiger partial charge in [0.25, 0.3) is 0 Å². The fourth-order valence-corrected chi connectivity index (χ4v) is 3.89. The Balaban J connectivity index is 2.99. The van der Waals surface area contributed by atoms with Gasteiger partial charge >= 0.3 is 5.97 Å². The molecule has 0 aliphatic rings. The summed E-state index contributed by atoms with van der Waals surface area (Å²) in [6.07, 6.45) is 5.60. The molecule has 0 aromatic carbocycles. The SMILES string of the molecule is CC/C=C(\SC)C(c1cccs1)C(C)OC(=O)CC. The minimum absolute atomic E-state index is 0.128. The molecule has 1 aromatic rings. The molecule has 0 aliphatic heterocycles. The fraction of sp³-hybridized carbons (Fsp3) is 0.533. The zero-order valence-electron chi connectivity index (χ0n) is 12.0. The molecule has 2 atom stereocenters. The van der Waals surface area contributed by atoms with E-state index in [0.29, 0.717) is 6.42 Å². The van der Waals surface area contributed by atoms with E-state index in [1.54, 1.807) is 23.1 Å². The van der Waals surface area contributed by atoms with Crippen LogP contribution in [0.25, 0.3) is 0 Å². The van der Waals surface area contributed by atoms with Gasteiger partial charge in [-0.3, -0.25) is 4.79 Å². The number of allylic oxidation sites excluding steroid dienone is 1. The van der Waals surface area contributed by atoms with Crippen molar-refractivity contribution < 1.29 is 9.53 Å². The molecule has 0 saturated carbocycles. The van der Waals surface area contributed by atoms with Gasteiger partial charge < -0.3 is 4.74 Å². The van der Waals surface area contributed by atoms with Crippen LogP contribution in [0.3, 0.4) is 0 Å². The number of ether oxygens (including phenoxy) is 1. The van der Waals surface area contributed by atoms with E-state index in [-0.39, 0.29) is 18.0 Å². The molecular weight excluding hydrogens is 276 g/mol. The predicted molar refractivity (Wildman–Crippen MR) is 84.8 cm³/mol. The van der Waals surface area contributed by atoms with E-state index in [0.717, 1.165) is 6.42 Å². The van der Waals surface area contributed by atoms with Crippen LogP contribution in [0, 0.1) is 0 Å². The quantitative estimate of drug-likeness (QED) is 0.674. The molecule has 0 saturated heterocycles. The first-order valence-corrected chi connectivity index (χ1v) is 8.71. The maximum Gasteiger partial charge on any atom is 0.305 e. The highest BCUT2D eigenvalue weighted by Gasteiger charge is 2.26. The lowest BCUT2D eigenvalue weighted by Crippen LogP contribution is -2.22. The predicted octanol–water partition coefficient (Wildman–Crippen LogP) is 4.83. The number of rotatable bonds is 7. The summed E-state index contributed by atoms with van der Waals surface area (Å²) in [5, 5.41) is 2.07. The average Bonchev–Trinajstić information content (AvgIpc) is 2.91. The summed E-state index contributed by atoms with van der Waals surface area (Å²) < 4.78 is 5.53. The molecule has 2 nitrogen and oxygen atoms in total. The van der Waals surface area contributed by atoms with Crippen LogP contribution < -0.4 is 0 Å². The minimum atomic E-state index is -0.133. The molecule has 0 spiro atoms. The zero-order chi connectivity index (χ0) is 14.3. The first-order chi connectivity index (χ1) is 9.13. The third-order valence-corrected chi connectivity index (χ3v) is 4.72. The second-order valence-electron chi connectivity index (χ2n) is 4.26. The summed E-state index contributed by atoms with van der Waals surface area (Å²) in [6.45, 7) is 5.94. The Morgan fingerprint density at radius 3 is 2.74 bits per heavy atom. The number of carbonyl (C=O) groups excluding carboxylic acids is 1. The van der Waals surface area contributed by atoms with Crippen LogP contribution in [0.5, 0.6) is 0 Å². The van der Waals surface area contributed by atoms with Gasteiger partial charge in [0.1, 0.15) is 6.10 Å². The van der Waals surface area contributed by atoms with Gasteiger partial charge in [-0.25, -0.2) is 0 Å². The Kier molecular flexibility index (Phi) is 7.24. The molecule has 106 valence electrons. The number of thiophene rings is 1. The van der Waals surface area contributed by atoms with Crippen molar-refractivity contribution in [2.45, 2.75) is 45.6 Å². The van der Waals surface area contributed by atoms with Gasteiger partial charge in [0.05, 0.1) is 5.92 Å². The molecule has 0 bridgehead atoms. The van der Waals surface area contributed by atoms with Crippen molar-refractivity contribution in [3.05, 3.63) is 33.4 Å². The van der Waals surface area contributed by atoms with Crippen molar-refractivity contribution in [1.82, 2.24) is 0 Å². The molecule has 1 heterocycles. The van der Waals surface area contributed by atoms with Gasteiger partial charge in [-0.1, -0.05) is 26.0 Å². The Morgan fingerprint density at radius 1 is 1.53 bits per heavy atom. The van der Waals surface area contributed by atoms with E-state index in [9.17, 15) is 4.79 Å². The van der Waals surface area contributed by atoms with Crippen LogP contribution >= 0.6 is 23.1 Å². The summed E-state index contributed by atoms with van der Waals surface area (Å²) in [4.78, 5) is 14.1. The average molecular weight is 298 g/mol. The number of hydrogen-bond acceptors (Lipinski definition) is 4. The van der Waals surface area contributed by atoms with Crippen LogP contribution in [0.4, 0.5) is 0 Å². The highest BCUT2D eigenvalue weighted by Crippen LogP contribution is 2.38. The molecule has 0 aliphatic carbocycles. The third kappa shape index (κ3) is 4.69. The topological polar surface area (TPSA) is 26.3 Å². The zero-order valence-corrected chi connectivity index (χ0v) is 13.6. The van der Waals surface area contributed by atoms with E-state index in [1.807, 2.05) is 19.9 Å². The number of carbonyl (C=O) groups is 1. The van der Waals surface area contributed by atoms with Gasteiger partial charge in [0, 0.05) is 11.3 Å². The van der Waals surface area contributed by atoms with E-state index in [1.165, 1.54) is 9.78 Å². The first kappa shape index (κ1) is 16.3. The van der Waals surface area contributed by atoms with Gasteiger partial charge in [-0.2, -0.15) is 0 Å². The lowest BCUT2D eigenvalue weighted by atomic mass is 10.00. The molecule has 0 fully saturated rings. The Morgan fingerprint density at radius 2 is 2.26 bits per heavy atom. The summed E-state index contributed by atoms with van der Waals surface area (Å²) in [7, 11) is 0. The minimum Gasteiger partial charge on any atom is -0.462 e. The van der Waals surface area contributed by atoms with Crippen LogP contribution in [-0.4, -0.2) is 18.3 Å². The Hall–Kier alpha value is -0.740. The van der Waals surface area contributed by atoms with E-state index in [4.69, 9.17) is 4.74 Å². The second kappa shape index (κ2) is 8.43. The van der Waals surface area contributed by atoms with Crippen molar-refractivity contribution in [1.29, 1.82) is 0 Å². The Bertz CT molecular complexity index is 410. The highest BCUT2D eigenvalue weighted by molar-refractivity contribution is 8.02. The molecule has 0 radical (unpaired) electrons. The maximum atomic E-state index is 11.5. The van der Waals surface area contributed by atoms with E-state index in [2.05, 4.69) is 30.7 Å². The first-order valence-electron chi connectivity index (χ1n) is 6.60. The van der Waals surface area contributed by atoms with Crippen molar-refractivity contribution >= 4 is 29.1 Å². The smallest absolute Gasteiger partial charge is 0.305 e. The largest absolute Gasteiger partial charge is 0.462 e. The van der Waals surface area contributed by atoms with Crippen molar-refractivity contribution in [2.75, 3.05) is 6.26 Å². The maximum absolute atomic E-state index is 11.5. The van der Waals surface area contributed by atoms with Crippen molar-refractivity contribution in [3.63, 3.8) is 0 Å². The summed E-state index contributed by atoms with van der Waals surface area (Å²) >= 11 is 3.46. The summed E-state index contributed by atoms with van der Waals surface area (Å²) in [5.41, 5.74) is 0. The molecule has 19 heavy (non-hydrogen) atoms. The number of thioether (sulfide) groups is 1. The van der Waals surface area contributed by atoms with Crippen molar-refractivity contribution in [3.8, 4) is 0 Å². The fourth-order valence-electron chi connectivity index (χ4n) is 1.97. The van der Waals surface area contributed by atoms with Gasteiger partial charge in [-0.15, -0.1) is 23.1 Å². The Labute approximate surface area is 124 Å². The van der Waals surface area contributed by atoms with Crippen LogP contribution in [0.2, 0.25) is 0 Å². The second-order valence-corrected chi connectivity index (χ2v) is 6.12. The molecule has 0 N–H and O–H groups in total. The van der Waals surface area contributed by atoms with E-state index < -0.39 is 0 Å². The van der Waals surface area contributed by atoms with E-state index >= 15 is 0 Å². The van der Waals surface area contributed by atoms with Crippen molar-refractivity contribution in [2.24, 2.45) is 0 Å². The van der Waals surface area contributed by atoms with Crippen LogP contribution in [0.1, 0.15) is 44.4 Å². The van der Waals surface area contributed by atoms with Crippen LogP contribution in [-0.2, 0) is 9.53 Å². The number of hydrogen-bond donors (Lipinski definition) is 0. The number of esters is 1. The summed E-state index contributed by atoms with van der Waals surface area (Å²) in [6, 6.07) is 4.16. The standard InChI is InChI=1S/C15H22O2S2/c1-5-8-12(18-4)15(13-9-7-10-19-13)11(3)17-14(16)6-2/h7-11,15H,5-6H2,1-4H3/b12-8-. The molecule has 0 amide bonds. The molecule has 2 unspecified atom stereocenters. The molecular formula is C15H22O2S2. The van der Waals surface area contributed by atoms with Gasteiger partial charge in [0.2, 0.25) is 0 Å². The lowest BCUT2D eigenvalue weighted by molar-refractivity contribution is -0.148. The van der Waals surface area contributed by atoms with Crippen LogP contribution in [0.15, 0.2) is 28.5 Å².